The zero-order valence-electron chi connectivity index (χ0n) is 18.4. The van der Waals surface area contributed by atoms with Crippen LogP contribution >= 0.6 is 24.0 Å². The average Bonchev–Trinajstić information content (AvgIpc) is 2.75. The summed E-state index contributed by atoms with van der Waals surface area (Å²) in [6.07, 6.45) is 5.79. The van der Waals surface area contributed by atoms with Gasteiger partial charge in [0, 0.05) is 12.6 Å². The van der Waals surface area contributed by atoms with Crippen molar-refractivity contribution in [2.45, 2.75) is 51.6 Å². The molecule has 1 saturated carbocycles. The van der Waals surface area contributed by atoms with Crippen molar-refractivity contribution in [1.29, 1.82) is 0 Å². The fourth-order valence-corrected chi connectivity index (χ4v) is 3.43. The predicted molar refractivity (Wildman–Crippen MR) is 129 cm³/mol. The zero-order valence-corrected chi connectivity index (χ0v) is 20.7. The lowest BCUT2D eigenvalue weighted by Crippen LogP contribution is -2.46. The zero-order chi connectivity index (χ0) is 21.1. The first-order valence-corrected chi connectivity index (χ1v) is 10.2. The van der Waals surface area contributed by atoms with Crippen molar-refractivity contribution in [3.05, 3.63) is 17.7 Å². The highest BCUT2D eigenvalue weighted by molar-refractivity contribution is 14.0. The third-order valence-corrected chi connectivity index (χ3v) is 4.88. The third kappa shape index (κ3) is 8.08. The number of hydrogen-bond acceptors (Lipinski definition) is 5. The molecule has 1 fully saturated rings. The largest absolute Gasteiger partial charge is 0.493 e. The van der Waals surface area contributed by atoms with Gasteiger partial charge in [-0.05, 0) is 37.5 Å². The molecule has 1 aromatic carbocycles. The number of ether oxygens (including phenoxy) is 3. The van der Waals surface area contributed by atoms with Crippen LogP contribution in [-0.4, -0.2) is 52.3 Å². The van der Waals surface area contributed by atoms with Crippen molar-refractivity contribution < 1.29 is 19.0 Å². The fraction of sp³-hybridized carbons (Fsp3) is 0.619. The van der Waals surface area contributed by atoms with E-state index in [9.17, 15) is 4.79 Å². The summed E-state index contributed by atoms with van der Waals surface area (Å²) in [5.41, 5.74) is 0.906. The van der Waals surface area contributed by atoms with Crippen molar-refractivity contribution in [3.63, 3.8) is 0 Å². The van der Waals surface area contributed by atoms with Crippen LogP contribution in [-0.2, 0) is 11.3 Å². The van der Waals surface area contributed by atoms with Gasteiger partial charge in [-0.15, -0.1) is 24.0 Å². The Morgan fingerprint density at radius 1 is 1.03 bits per heavy atom. The molecule has 30 heavy (non-hydrogen) atoms. The van der Waals surface area contributed by atoms with E-state index >= 15 is 0 Å². The van der Waals surface area contributed by atoms with E-state index in [0.29, 0.717) is 42.3 Å². The molecule has 0 heterocycles. The smallest absolute Gasteiger partial charge is 0.239 e. The van der Waals surface area contributed by atoms with E-state index in [1.807, 2.05) is 19.1 Å². The van der Waals surface area contributed by atoms with Crippen LogP contribution in [0.1, 0.15) is 44.6 Å². The van der Waals surface area contributed by atoms with Gasteiger partial charge >= 0.3 is 0 Å². The number of amides is 1. The van der Waals surface area contributed by atoms with Gasteiger partial charge in [-0.25, -0.2) is 4.99 Å². The van der Waals surface area contributed by atoms with Crippen LogP contribution in [0.2, 0.25) is 0 Å². The summed E-state index contributed by atoms with van der Waals surface area (Å²) >= 11 is 0. The van der Waals surface area contributed by atoms with Crippen LogP contribution in [0.3, 0.4) is 0 Å². The van der Waals surface area contributed by atoms with Crippen LogP contribution in [0.5, 0.6) is 17.2 Å². The molecule has 1 aliphatic carbocycles. The number of nitrogens with one attached hydrogen (secondary N) is 3. The van der Waals surface area contributed by atoms with Gasteiger partial charge in [0.25, 0.3) is 0 Å². The minimum absolute atomic E-state index is 0. The number of carbonyl (C=O) groups is 1. The van der Waals surface area contributed by atoms with Gasteiger partial charge in [-0.2, -0.15) is 0 Å². The standard InChI is InChI=1S/C21H34N4O4.HI/c1-5-22-21(24-14-19(26)25-16-9-7-6-8-10-16)23-13-15-11-17(27-2)20(29-4)18(12-15)28-3;/h11-12,16H,5-10,13-14H2,1-4H3,(H,25,26)(H2,22,23,24);1H. The Labute approximate surface area is 196 Å². The molecule has 0 spiro atoms. The molecule has 0 atom stereocenters. The van der Waals surface area contributed by atoms with Gasteiger partial charge < -0.3 is 30.2 Å². The topological polar surface area (TPSA) is 93.2 Å². The second-order valence-electron chi connectivity index (χ2n) is 6.98. The van der Waals surface area contributed by atoms with E-state index in [4.69, 9.17) is 14.2 Å². The Balaban J connectivity index is 0.00000450. The molecule has 3 N–H and O–H groups in total. The van der Waals surface area contributed by atoms with Crippen LogP contribution < -0.4 is 30.2 Å². The van der Waals surface area contributed by atoms with Crippen LogP contribution in [0.15, 0.2) is 17.1 Å². The molecule has 9 heteroatoms. The van der Waals surface area contributed by atoms with E-state index in [-0.39, 0.29) is 36.4 Å². The molecule has 0 aromatic heterocycles. The number of guanidine groups is 1. The van der Waals surface area contributed by atoms with Gasteiger partial charge in [0.15, 0.2) is 17.5 Å². The molecule has 170 valence electrons. The summed E-state index contributed by atoms with van der Waals surface area (Å²) in [6.45, 7) is 3.28. The van der Waals surface area contributed by atoms with Gasteiger partial charge in [0.2, 0.25) is 11.7 Å². The molecule has 0 unspecified atom stereocenters. The minimum Gasteiger partial charge on any atom is -0.493 e. The number of hydrogen-bond donors (Lipinski definition) is 3. The first-order valence-electron chi connectivity index (χ1n) is 10.2. The van der Waals surface area contributed by atoms with Crippen molar-refractivity contribution in [1.82, 2.24) is 16.0 Å². The van der Waals surface area contributed by atoms with Crippen LogP contribution in [0.4, 0.5) is 0 Å². The Kier molecular flexibility index (Phi) is 12.3. The Hall–Kier alpha value is -1.91. The van der Waals surface area contributed by atoms with E-state index in [1.54, 1.807) is 21.3 Å². The summed E-state index contributed by atoms with van der Waals surface area (Å²) in [5, 5.41) is 9.36. The second-order valence-corrected chi connectivity index (χ2v) is 6.98. The number of halogens is 1. The second kappa shape index (κ2) is 14.2. The molecule has 0 radical (unpaired) electrons. The molecule has 8 nitrogen and oxygen atoms in total. The Bertz CT molecular complexity index is 669. The monoisotopic (exact) mass is 534 g/mol. The summed E-state index contributed by atoms with van der Waals surface area (Å²) in [4.78, 5) is 16.8. The number of nitrogens with zero attached hydrogens (tertiary/aromatic N) is 1. The lowest BCUT2D eigenvalue weighted by Gasteiger charge is -2.23. The van der Waals surface area contributed by atoms with Crippen LogP contribution in [0.25, 0.3) is 0 Å². The molecule has 0 saturated heterocycles. The lowest BCUT2D eigenvalue weighted by atomic mass is 9.95. The predicted octanol–water partition coefficient (Wildman–Crippen LogP) is 2.83. The molecular formula is C21H35IN4O4. The van der Waals surface area contributed by atoms with Crippen molar-refractivity contribution in [2.75, 3.05) is 34.4 Å². The average molecular weight is 534 g/mol. The first kappa shape index (κ1) is 26.1. The van der Waals surface area contributed by atoms with Crippen molar-refractivity contribution >= 4 is 35.8 Å². The van der Waals surface area contributed by atoms with Gasteiger partial charge in [0.1, 0.15) is 0 Å². The maximum Gasteiger partial charge on any atom is 0.239 e. The Morgan fingerprint density at radius 2 is 1.67 bits per heavy atom. The van der Waals surface area contributed by atoms with Crippen LogP contribution in [0, 0.1) is 0 Å². The third-order valence-electron chi connectivity index (χ3n) is 4.88. The fourth-order valence-electron chi connectivity index (χ4n) is 3.43. The molecule has 0 aliphatic heterocycles. The number of methoxy groups -OCH3 is 3. The molecular weight excluding hydrogens is 499 g/mol. The van der Waals surface area contributed by atoms with Gasteiger partial charge in [-0.1, -0.05) is 19.3 Å². The molecule has 2 rings (SSSR count). The number of aliphatic imine (C=N–C) groups is 1. The van der Waals surface area contributed by atoms with Crippen molar-refractivity contribution in [2.24, 2.45) is 4.99 Å². The molecule has 1 aromatic rings. The number of carbonyl (C=O) groups excluding carboxylic acids is 1. The SMILES string of the molecule is CCNC(=NCc1cc(OC)c(OC)c(OC)c1)NCC(=O)NC1CCCCC1.I. The van der Waals surface area contributed by atoms with E-state index in [2.05, 4.69) is 20.9 Å². The van der Waals surface area contributed by atoms with Gasteiger partial charge in [-0.3, -0.25) is 4.79 Å². The highest BCUT2D eigenvalue weighted by atomic mass is 127. The maximum atomic E-state index is 12.2. The summed E-state index contributed by atoms with van der Waals surface area (Å²) in [6, 6.07) is 4.03. The van der Waals surface area contributed by atoms with E-state index in [0.717, 1.165) is 18.4 Å². The van der Waals surface area contributed by atoms with Gasteiger partial charge in [0.05, 0.1) is 34.4 Å². The molecule has 0 bridgehead atoms. The van der Waals surface area contributed by atoms with Crippen molar-refractivity contribution in [3.8, 4) is 17.2 Å². The molecule has 1 aliphatic rings. The quantitative estimate of drug-likeness (QED) is 0.257. The molecule has 1 amide bonds. The van der Waals surface area contributed by atoms with E-state index < -0.39 is 0 Å². The number of rotatable bonds is 9. The summed E-state index contributed by atoms with van der Waals surface area (Å²) in [5.74, 6) is 2.30. The Morgan fingerprint density at radius 3 is 2.20 bits per heavy atom. The minimum atomic E-state index is -0.00436. The number of benzene rings is 1. The first-order chi connectivity index (χ1) is 14.1. The lowest BCUT2D eigenvalue weighted by molar-refractivity contribution is -0.120. The summed E-state index contributed by atoms with van der Waals surface area (Å²) in [7, 11) is 4.74. The normalized spacial score (nSPS) is 14.3. The highest BCUT2D eigenvalue weighted by Crippen LogP contribution is 2.38. The highest BCUT2D eigenvalue weighted by Gasteiger charge is 2.16. The maximum absolute atomic E-state index is 12.2. The van der Waals surface area contributed by atoms with E-state index in [1.165, 1.54) is 19.3 Å². The summed E-state index contributed by atoms with van der Waals surface area (Å²) < 4.78 is 16.1.